The van der Waals surface area contributed by atoms with Crippen LogP contribution in [0.1, 0.15) is 50.6 Å². The Balaban J connectivity index is 0.00000312. The molecule has 1 aliphatic rings. The average molecular weight is 463 g/mol. The van der Waals surface area contributed by atoms with E-state index in [1.54, 1.807) is 0 Å². The zero-order valence-electron chi connectivity index (χ0n) is 16.3. The molecule has 25 heavy (non-hydrogen) atoms. The van der Waals surface area contributed by atoms with E-state index in [2.05, 4.69) is 41.1 Å². The molecule has 0 unspecified atom stereocenters. The molecule has 144 valence electrons. The van der Waals surface area contributed by atoms with Gasteiger partial charge in [-0.15, -0.1) is 24.0 Å². The third-order valence-electron chi connectivity index (χ3n) is 4.81. The Bertz CT molecular complexity index is 550. The summed E-state index contributed by atoms with van der Waals surface area (Å²) in [5.41, 5.74) is 3.82. The lowest BCUT2D eigenvalue weighted by Gasteiger charge is -2.34. The van der Waals surface area contributed by atoms with Crippen LogP contribution in [0.5, 0.6) is 0 Å². The van der Waals surface area contributed by atoms with Crippen LogP contribution in [0.4, 0.5) is 0 Å². The Labute approximate surface area is 169 Å². The van der Waals surface area contributed by atoms with E-state index in [1.807, 2.05) is 18.8 Å². The summed E-state index contributed by atoms with van der Waals surface area (Å²) in [6, 6.07) is 0. The second-order valence-corrected chi connectivity index (χ2v) is 6.25. The maximum absolute atomic E-state index is 5.74. The fourth-order valence-electron chi connectivity index (χ4n) is 3.56. The number of nitrogens with one attached hydrogen (secondary N) is 1. The van der Waals surface area contributed by atoms with Crippen LogP contribution in [-0.2, 0) is 31.2 Å². The van der Waals surface area contributed by atoms with Crippen molar-refractivity contribution in [2.45, 2.75) is 59.1 Å². The molecule has 1 aliphatic heterocycles. The van der Waals surface area contributed by atoms with Gasteiger partial charge >= 0.3 is 0 Å². The van der Waals surface area contributed by atoms with Gasteiger partial charge in [0.1, 0.15) is 0 Å². The van der Waals surface area contributed by atoms with Gasteiger partial charge in [0.05, 0.1) is 11.8 Å². The molecule has 0 spiro atoms. The number of rotatable bonds is 6. The quantitative estimate of drug-likeness (QED) is 0.401. The van der Waals surface area contributed by atoms with Gasteiger partial charge in [0.2, 0.25) is 0 Å². The van der Waals surface area contributed by atoms with Gasteiger partial charge in [-0.3, -0.25) is 9.67 Å². The van der Waals surface area contributed by atoms with E-state index in [9.17, 15) is 0 Å². The number of piperidine rings is 1. The highest BCUT2D eigenvalue weighted by atomic mass is 127. The highest BCUT2D eigenvalue weighted by Crippen LogP contribution is 2.17. The van der Waals surface area contributed by atoms with Crippen molar-refractivity contribution in [2.75, 3.05) is 26.7 Å². The first-order chi connectivity index (χ1) is 11.6. The fraction of sp³-hybridized carbons (Fsp3) is 0.778. The van der Waals surface area contributed by atoms with E-state index in [0.29, 0.717) is 6.10 Å². The Morgan fingerprint density at radius 2 is 1.92 bits per heavy atom. The van der Waals surface area contributed by atoms with E-state index < -0.39 is 0 Å². The van der Waals surface area contributed by atoms with Gasteiger partial charge in [-0.25, -0.2) is 0 Å². The highest BCUT2D eigenvalue weighted by Gasteiger charge is 2.22. The van der Waals surface area contributed by atoms with Crippen LogP contribution in [0.3, 0.4) is 0 Å². The largest absolute Gasteiger partial charge is 0.378 e. The number of ether oxygens (including phenoxy) is 1. The van der Waals surface area contributed by atoms with Crippen molar-refractivity contribution in [3.63, 3.8) is 0 Å². The smallest absolute Gasteiger partial charge is 0.193 e. The third kappa shape index (κ3) is 5.57. The molecular weight excluding hydrogens is 429 g/mol. The van der Waals surface area contributed by atoms with Crippen LogP contribution in [-0.4, -0.2) is 53.5 Å². The number of halogens is 1. The predicted octanol–water partition coefficient (Wildman–Crippen LogP) is 2.74. The number of aromatic nitrogens is 2. The number of likely N-dealkylation sites (tertiary alicyclic amines) is 1. The molecule has 1 fully saturated rings. The molecule has 2 rings (SSSR count). The third-order valence-corrected chi connectivity index (χ3v) is 4.81. The van der Waals surface area contributed by atoms with Crippen LogP contribution in [0.15, 0.2) is 4.99 Å². The minimum atomic E-state index is 0. The van der Waals surface area contributed by atoms with E-state index >= 15 is 0 Å². The topological polar surface area (TPSA) is 54.7 Å². The summed E-state index contributed by atoms with van der Waals surface area (Å²) >= 11 is 0. The van der Waals surface area contributed by atoms with Crippen molar-refractivity contribution in [1.29, 1.82) is 0 Å². The molecule has 1 saturated heterocycles. The lowest BCUT2D eigenvalue weighted by molar-refractivity contribution is 0.0263. The van der Waals surface area contributed by atoms with Crippen LogP contribution in [0.25, 0.3) is 0 Å². The molecule has 1 aromatic rings. The van der Waals surface area contributed by atoms with Crippen LogP contribution in [0, 0.1) is 0 Å². The van der Waals surface area contributed by atoms with Crippen molar-refractivity contribution >= 4 is 29.9 Å². The Kier molecular flexibility index (Phi) is 9.78. The van der Waals surface area contributed by atoms with Crippen molar-refractivity contribution in [3.8, 4) is 0 Å². The maximum atomic E-state index is 5.74. The molecule has 0 aromatic carbocycles. The number of hydrogen-bond acceptors (Lipinski definition) is 3. The molecule has 0 amide bonds. The van der Waals surface area contributed by atoms with Crippen molar-refractivity contribution in [3.05, 3.63) is 17.0 Å². The second kappa shape index (κ2) is 11.0. The van der Waals surface area contributed by atoms with Gasteiger partial charge < -0.3 is 15.0 Å². The second-order valence-electron chi connectivity index (χ2n) is 6.25. The molecule has 1 N–H and O–H groups in total. The molecule has 1 aromatic heterocycles. The van der Waals surface area contributed by atoms with E-state index in [0.717, 1.165) is 57.9 Å². The van der Waals surface area contributed by atoms with E-state index in [4.69, 9.17) is 4.74 Å². The van der Waals surface area contributed by atoms with Gasteiger partial charge in [-0.05, 0) is 32.6 Å². The summed E-state index contributed by atoms with van der Waals surface area (Å²) in [6.07, 6.45) is 4.51. The molecule has 6 nitrogen and oxygen atoms in total. The minimum Gasteiger partial charge on any atom is -0.378 e. The van der Waals surface area contributed by atoms with Gasteiger partial charge in [-0.1, -0.05) is 13.8 Å². The lowest BCUT2D eigenvalue weighted by Crippen LogP contribution is -2.46. The molecule has 0 saturated carbocycles. The molecule has 0 radical (unpaired) electrons. The summed E-state index contributed by atoms with van der Waals surface area (Å²) in [6.45, 7) is 10.0. The lowest BCUT2D eigenvalue weighted by atomic mass is 10.1. The molecule has 0 bridgehead atoms. The first kappa shape index (κ1) is 22.2. The number of nitrogens with zero attached hydrogens (tertiary/aromatic N) is 4. The molecule has 7 heteroatoms. The van der Waals surface area contributed by atoms with Gasteiger partial charge in [0, 0.05) is 51.6 Å². The van der Waals surface area contributed by atoms with Gasteiger partial charge in [-0.2, -0.15) is 5.10 Å². The molecule has 2 heterocycles. The van der Waals surface area contributed by atoms with Crippen LogP contribution in [0.2, 0.25) is 0 Å². The Hall–Kier alpha value is -0.830. The first-order valence-electron chi connectivity index (χ1n) is 9.25. The Morgan fingerprint density at radius 1 is 1.24 bits per heavy atom. The SMILES string of the molecule is CCOC1CCN(C(=NC)NCc2c(CC)nn(C)c2CC)CC1.I. The summed E-state index contributed by atoms with van der Waals surface area (Å²) in [7, 11) is 3.90. The van der Waals surface area contributed by atoms with Gasteiger partial charge in [0.15, 0.2) is 5.96 Å². The monoisotopic (exact) mass is 463 g/mol. The maximum Gasteiger partial charge on any atom is 0.193 e. The summed E-state index contributed by atoms with van der Waals surface area (Å²) in [4.78, 5) is 6.82. The van der Waals surface area contributed by atoms with Crippen molar-refractivity contribution < 1.29 is 4.74 Å². The minimum absolute atomic E-state index is 0. The van der Waals surface area contributed by atoms with Crippen LogP contribution < -0.4 is 5.32 Å². The van der Waals surface area contributed by atoms with E-state index in [-0.39, 0.29) is 24.0 Å². The highest BCUT2D eigenvalue weighted by molar-refractivity contribution is 14.0. The summed E-state index contributed by atoms with van der Waals surface area (Å²) in [5.74, 6) is 0.984. The number of guanidine groups is 1. The average Bonchev–Trinajstić information content (AvgIpc) is 2.92. The van der Waals surface area contributed by atoms with Gasteiger partial charge in [0.25, 0.3) is 0 Å². The molecular formula is C18H34IN5O. The zero-order valence-corrected chi connectivity index (χ0v) is 18.7. The van der Waals surface area contributed by atoms with Crippen molar-refractivity contribution in [2.24, 2.45) is 12.0 Å². The zero-order chi connectivity index (χ0) is 17.5. The molecule has 0 aliphatic carbocycles. The predicted molar refractivity (Wildman–Crippen MR) is 114 cm³/mol. The summed E-state index contributed by atoms with van der Waals surface area (Å²) < 4.78 is 7.76. The van der Waals surface area contributed by atoms with E-state index in [1.165, 1.54) is 17.0 Å². The normalized spacial score (nSPS) is 16.0. The number of aryl methyl sites for hydroxylation is 2. The summed E-state index contributed by atoms with van der Waals surface area (Å²) in [5, 5.41) is 8.20. The van der Waals surface area contributed by atoms with Crippen LogP contribution >= 0.6 is 24.0 Å². The molecule has 0 atom stereocenters. The number of aliphatic imine (C=N–C) groups is 1. The first-order valence-corrected chi connectivity index (χ1v) is 9.25. The standard InChI is InChI=1S/C18H33N5O.HI/c1-6-16-15(17(7-2)22(5)21-16)13-20-18(19-4)23-11-9-14(10-12-23)24-8-3;/h14H,6-13H2,1-5H3,(H,19,20);1H. The van der Waals surface area contributed by atoms with Crippen molar-refractivity contribution in [1.82, 2.24) is 20.0 Å². The number of hydrogen-bond donors (Lipinski definition) is 1. The fourth-order valence-corrected chi connectivity index (χ4v) is 3.56. The Morgan fingerprint density at radius 3 is 2.44 bits per heavy atom.